The van der Waals surface area contributed by atoms with Crippen molar-refractivity contribution in [2.75, 3.05) is 4.72 Å². The molecule has 0 spiro atoms. The molecule has 2 heterocycles. The summed E-state index contributed by atoms with van der Waals surface area (Å²) in [5.74, 6) is 0.762. The van der Waals surface area contributed by atoms with Gasteiger partial charge in [0.2, 0.25) is 0 Å². The quantitative estimate of drug-likeness (QED) is 0.722. The number of para-hydroxylation sites is 1. The molecule has 10 heteroatoms. The fraction of sp³-hybridized carbons (Fsp3) is 0.118. The molecule has 140 valence electrons. The summed E-state index contributed by atoms with van der Waals surface area (Å²) in [6.45, 7) is 0.231. The molecule has 2 aromatic carbocycles. The van der Waals surface area contributed by atoms with Crippen molar-refractivity contribution in [1.29, 1.82) is 0 Å². The third-order valence-corrected chi connectivity index (χ3v) is 5.37. The first-order chi connectivity index (χ1) is 12.8. The second kappa shape index (κ2) is 6.02. The Balaban J connectivity index is 1.74. The number of hydrogen-bond donors (Lipinski definition) is 1. The normalized spacial score (nSPS) is 13.4. The molecular formula is C17H11F3N2O4S. The summed E-state index contributed by atoms with van der Waals surface area (Å²) in [4.78, 5) is -0.230. The number of halogens is 3. The van der Waals surface area contributed by atoms with Crippen LogP contribution in [0.5, 0.6) is 5.75 Å². The molecule has 1 N–H and O–H groups in total. The van der Waals surface area contributed by atoms with Crippen LogP contribution in [0.1, 0.15) is 11.1 Å². The molecule has 1 aliphatic heterocycles. The number of anilines is 1. The van der Waals surface area contributed by atoms with Crippen molar-refractivity contribution in [1.82, 2.24) is 5.16 Å². The van der Waals surface area contributed by atoms with E-state index in [1.807, 2.05) is 4.72 Å². The SMILES string of the molecule is O=S(=O)(Nc1ccccc1C(F)(F)F)c1ccc2c(c1)-c1oncc1CO2. The topological polar surface area (TPSA) is 81.4 Å². The molecule has 0 unspecified atom stereocenters. The highest BCUT2D eigenvalue weighted by Gasteiger charge is 2.34. The van der Waals surface area contributed by atoms with E-state index in [9.17, 15) is 21.6 Å². The summed E-state index contributed by atoms with van der Waals surface area (Å²) >= 11 is 0. The van der Waals surface area contributed by atoms with Crippen LogP contribution in [0.15, 0.2) is 58.1 Å². The van der Waals surface area contributed by atoms with Crippen molar-refractivity contribution in [2.45, 2.75) is 17.7 Å². The van der Waals surface area contributed by atoms with E-state index in [2.05, 4.69) is 5.16 Å². The van der Waals surface area contributed by atoms with Gasteiger partial charge in [0.25, 0.3) is 10.0 Å². The summed E-state index contributed by atoms with van der Waals surface area (Å²) in [6.07, 6.45) is -3.24. The minimum atomic E-state index is -4.70. The van der Waals surface area contributed by atoms with Crippen molar-refractivity contribution in [3.05, 3.63) is 59.8 Å². The molecule has 0 bridgehead atoms. The fourth-order valence-corrected chi connectivity index (χ4v) is 3.85. The summed E-state index contributed by atoms with van der Waals surface area (Å²) in [6, 6.07) is 8.30. The lowest BCUT2D eigenvalue weighted by Crippen LogP contribution is -2.17. The average Bonchev–Trinajstić information content (AvgIpc) is 3.09. The van der Waals surface area contributed by atoms with Crippen LogP contribution in [0.25, 0.3) is 11.3 Å². The highest BCUT2D eigenvalue weighted by Crippen LogP contribution is 2.39. The first-order valence-electron chi connectivity index (χ1n) is 7.65. The number of benzene rings is 2. The number of aromatic nitrogens is 1. The van der Waals surface area contributed by atoms with Crippen molar-refractivity contribution < 1.29 is 30.8 Å². The molecule has 0 atom stereocenters. The van der Waals surface area contributed by atoms with Crippen LogP contribution in [0, 0.1) is 0 Å². The van der Waals surface area contributed by atoms with Gasteiger partial charge in [-0.3, -0.25) is 4.72 Å². The monoisotopic (exact) mass is 396 g/mol. The Hall–Kier alpha value is -3.01. The van der Waals surface area contributed by atoms with Crippen LogP contribution >= 0.6 is 0 Å². The van der Waals surface area contributed by atoms with E-state index < -0.39 is 27.5 Å². The number of fused-ring (bicyclic) bond motifs is 3. The van der Waals surface area contributed by atoms with Crippen molar-refractivity contribution >= 4 is 15.7 Å². The first-order valence-corrected chi connectivity index (χ1v) is 9.14. The molecular weight excluding hydrogens is 385 g/mol. The Kier molecular flexibility index (Phi) is 3.88. The van der Waals surface area contributed by atoms with Gasteiger partial charge >= 0.3 is 6.18 Å². The van der Waals surface area contributed by atoms with Gasteiger partial charge in [-0.15, -0.1) is 0 Å². The van der Waals surface area contributed by atoms with Crippen molar-refractivity contribution in [3.63, 3.8) is 0 Å². The maximum atomic E-state index is 13.1. The summed E-state index contributed by atoms with van der Waals surface area (Å²) < 4.78 is 77.3. The first kappa shape index (κ1) is 17.4. The number of nitrogens with one attached hydrogen (secondary N) is 1. The fourth-order valence-electron chi connectivity index (χ4n) is 2.74. The van der Waals surface area contributed by atoms with Gasteiger partial charge < -0.3 is 9.26 Å². The number of nitrogens with zero attached hydrogens (tertiary/aromatic N) is 1. The zero-order valence-electron chi connectivity index (χ0n) is 13.4. The Morgan fingerprint density at radius 2 is 1.89 bits per heavy atom. The largest absolute Gasteiger partial charge is 0.488 e. The summed E-state index contributed by atoms with van der Waals surface area (Å²) in [5.41, 5.74) is -0.625. The zero-order valence-corrected chi connectivity index (χ0v) is 14.3. The van der Waals surface area contributed by atoms with Crippen LogP contribution < -0.4 is 9.46 Å². The Bertz CT molecular complexity index is 1120. The van der Waals surface area contributed by atoms with Gasteiger partial charge in [0.05, 0.1) is 33.5 Å². The number of alkyl halides is 3. The lowest BCUT2D eigenvalue weighted by atomic mass is 10.1. The summed E-state index contributed by atoms with van der Waals surface area (Å²) in [5, 5.41) is 3.66. The van der Waals surface area contributed by atoms with E-state index in [1.54, 1.807) is 0 Å². The van der Waals surface area contributed by atoms with Crippen LogP contribution in [-0.4, -0.2) is 13.6 Å². The van der Waals surface area contributed by atoms with Gasteiger partial charge in [0.1, 0.15) is 12.4 Å². The highest BCUT2D eigenvalue weighted by molar-refractivity contribution is 7.92. The molecule has 3 aromatic rings. The van der Waals surface area contributed by atoms with Crippen LogP contribution in [-0.2, 0) is 22.8 Å². The molecule has 27 heavy (non-hydrogen) atoms. The molecule has 0 amide bonds. The number of rotatable bonds is 3. The standard InChI is InChI=1S/C17H11F3N2O4S/c18-17(19,20)13-3-1-2-4-14(13)22-27(23,24)11-5-6-15-12(7-11)16-10(9-25-15)8-21-26-16/h1-8,22H,9H2. The second-order valence-corrected chi connectivity index (χ2v) is 7.46. The van der Waals surface area contributed by atoms with Gasteiger partial charge in [0.15, 0.2) is 5.76 Å². The molecule has 4 rings (SSSR count). The molecule has 6 nitrogen and oxygen atoms in total. The number of hydrogen-bond acceptors (Lipinski definition) is 5. The number of sulfonamides is 1. The van der Waals surface area contributed by atoms with E-state index in [1.165, 1.54) is 36.5 Å². The van der Waals surface area contributed by atoms with Crippen molar-refractivity contribution in [2.24, 2.45) is 0 Å². The Labute approximate surface area is 151 Å². The van der Waals surface area contributed by atoms with E-state index in [0.717, 1.165) is 12.1 Å². The third-order valence-electron chi connectivity index (χ3n) is 4.01. The maximum absolute atomic E-state index is 13.1. The predicted molar refractivity (Wildman–Crippen MR) is 88.5 cm³/mol. The lowest BCUT2D eigenvalue weighted by Gasteiger charge is -2.18. The zero-order chi connectivity index (χ0) is 19.2. The van der Waals surface area contributed by atoms with Gasteiger partial charge in [0, 0.05) is 0 Å². The number of ether oxygens (including phenoxy) is 1. The molecule has 1 aromatic heterocycles. The maximum Gasteiger partial charge on any atom is 0.418 e. The van der Waals surface area contributed by atoms with Gasteiger partial charge in [-0.25, -0.2) is 8.42 Å². The third kappa shape index (κ3) is 3.12. The van der Waals surface area contributed by atoms with Crippen LogP contribution in [0.3, 0.4) is 0 Å². The molecule has 0 aliphatic carbocycles. The Morgan fingerprint density at radius 1 is 1.11 bits per heavy atom. The molecule has 0 saturated heterocycles. The molecule has 1 aliphatic rings. The van der Waals surface area contributed by atoms with Gasteiger partial charge in [-0.1, -0.05) is 17.3 Å². The van der Waals surface area contributed by atoms with E-state index >= 15 is 0 Å². The van der Waals surface area contributed by atoms with Crippen molar-refractivity contribution in [3.8, 4) is 17.1 Å². The van der Waals surface area contributed by atoms with E-state index in [0.29, 0.717) is 22.6 Å². The van der Waals surface area contributed by atoms with Crippen LogP contribution in [0.4, 0.5) is 18.9 Å². The van der Waals surface area contributed by atoms with E-state index in [-0.39, 0.29) is 11.5 Å². The average molecular weight is 396 g/mol. The Morgan fingerprint density at radius 3 is 2.67 bits per heavy atom. The predicted octanol–water partition coefficient (Wildman–Crippen LogP) is 4.05. The lowest BCUT2D eigenvalue weighted by molar-refractivity contribution is -0.136. The highest BCUT2D eigenvalue weighted by atomic mass is 32.2. The summed E-state index contributed by atoms with van der Waals surface area (Å²) in [7, 11) is -4.28. The molecule has 0 fully saturated rings. The minimum absolute atomic E-state index is 0.230. The second-order valence-electron chi connectivity index (χ2n) is 5.78. The van der Waals surface area contributed by atoms with Gasteiger partial charge in [-0.05, 0) is 30.3 Å². The van der Waals surface area contributed by atoms with Crippen LogP contribution in [0.2, 0.25) is 0 Å². The minimum Gasteiger partial charge on any atom is -0.488 e. The molecule has 0 saturated carbocycles. The molecule has 0 radical (unpaired) electrons. The van der Waals surface area contributed by atoms with E-state index in [4.69, 9.17) is 9.26 Å². The smallest absolute Gasteiger partial charge is 0.418 e. The van der Waals surface area contributed by atoms with Gasteiger partial charge in [-0.2, -0.15) is 13.2 Å².